The van der Waals surface area contributed by atoms with Gasteiger partial charge in [-0.05, 0) is 47.1 Å². The van der Waals surface area contributed by atoms with Crippen LogP contribution in [0, 0.1) is 0 Å². The molecule has 1 rings (SSSR count). The molecule has 1 atom stereocenters. The molecule has 0 aliphatic heterocycles. The average molecular weight is 240 g/mol. The molecule has 0 aromatic heterocycles. The van der Waals surface area contributed by atoms with Crippen molar-refractivity contribution in [2.75, 3.05) is 13.6 Å². The fourth-order valence-corrected chi connectivity index (χ4v) is 2.82. The van der Waals surface area contributed by atoms with Crippen LogP contribution in [0.2, 0.25) is 0 Å². The van der Waals surface area contributed by atoms with E-state index in [0.717, 1.165) is 12.6 Å². The largest absolute Gasteiger partial charge is 0.311 e. The van der Waals surface area contributed by atoms with Crippen LogP contribution in [0.5, 0.6) is 0 Å². The average Bonchev–Trinajstić information content (AvgIpc) is 2.75. The van der Waals surface area contributed by atoms with Gasteiger partial charge in [0, 0.05) is 24.2 Å². The van der Waals surface area contributed by atoms with E-state index in [1.165, 1.54) is 38.5 Å². The van der Waals surface area contributed by atoms with Gasteiger partial charge in [0.25, 0.3) is 0 Å². The van der Waals surface area contributed by atoms with Crippen LogP contribution in [0.1, 0.15) is 66.2 Å². The van der Waals surface area contributed by atoms with E-state index in [-0.39, 0.29) is 5.54 Å². The van der Waals surface area contributed by atoms with Gasteiger partial charge in [-0.1, -0.05) is 26.2 Å². The predicted molar refractivity (Wildman–Crippen MR) is 76.5 cm³/mol. The van der Waals surface area contributed by atoms with Gasteiger partial charge in [0.05, 0.1) is 0 Å². The molecule has 2 heteroatoms. The van der Waals surface area contributed by atoms with Gasteiger partial charge in [-0.2, -0.15) is 0 Å². The van der Waals surface area contributed by atoms with Gasteiger partial charge in [0.2, 0.25) is 0 Å². The van der Waals surface area contributed by atoms with Gasteiger partial charge in [0.15, 0.2) is 0 Å². The zero-order valence-corrected chi connectivity index (χ0v) is 12.6. The Morgan fingerprint density at radius 3 is 2.29 bits per heavy atom. The molecule has 102 valence electrons. The molecule has 0 aromatic rings. The highest BCUT2D eigenvalue weighted by Crippen LogP contribution is 2.25. The number of hydrogen-bond donors (Lipinski definition) is 1. The van der Waals surface area contributed by atoms with Crippen molar-refractivity contribution >= 4 is 0 Å². The first-order valence-corrected chi connectivity index (χ1v) is 7.41. The molecule has 1 N–H and O–H groups in total. The Labute approximate surface area is 108 Å². The minimum absolute atomic E-state index is 0.239. The molecule has 1 saturated carbocycles. The molecule has 0 radical (unpaired) electrons. The molecule has 0 bridgehead atoms. The first-order chi connectivity index (χ1) is 7.94. The lowest BCUT2D eigenvalue weighted by Crippen LogP contribution is -2.48. The first-order valence-electron chi connectivity index (χ1n) is 7.41. The Hall–Kier alpha value is -0.0800. The SMILES string of the molecule is CCCC(CNC(C)(C)C)N(C)C1CCCC1. The fourth-order valence-electron chi connectivity index (χ4n) is 2.82. The van der Waals surface area contributed by atoms with E-state index in [4.69, 9.17) is 0 Å². The van der Waals surface area contributed by atoms with Gasteiger partial charge < -0.3 is 5.32 Å². The number of nitrogens with one attached hydrogen (secondary N) is 1. The van der Waals surface area contributed by atoms with Gasteiger partial charge in [-0.3, -0.25) is 4.90 Å². The molecule has 1 fully saturated rings. The minimum atomic E-state index is 0.239. The minimum Gasteiger partial charge on any atom is -0.311 e. The Bertz CT molecular complexity index is 201. The normalized spacial score (nSPS) is 20.1. The highest BCUT2D eigenvalue weighted by molar-refractivity contribution is 4.83. The summed E-state index contributed by atoms with van der Waals surface area (Å²) in [5.41, 5.74) is 0.239. The van der Waals surface area contributed by atoms with Crippen molar-refractivity contribution in [1.29, 1.82) is 0 Å². The fraction of sp³-hybridized carbons (Fsp3) is 1.00. The Balaban J connectivity index is 2.45. The van der Waals surface area contributed by atoms with Crippen molar-refractivity contribution < 1.29 is 0 Å². The second-order valence-corrected chi connectivity index (χ2v) is 6.68. The number of rotatable bonds is 6. The maximum absolute atomic E-state index is 3.67. The van der Waals surface area contributed by atoms with Crippen molar-refractivity contribution in [3.63, 3.8) is 0 Å². The van der Waals surface area contributed by atoms with Crippen molar-refractivity contribution in [1.82, 2.24) is 10.2 Å². The summed E-state index contributed by atoms with van der Waals surface area (Å²) in [6.45, 7) is 10.2. The number of likely N-dealkylation sites (N-methyl/N-ethyl adjacent to an activating group) is 1. The summed E-state index contributed by atoms with van der Waals surface area (Å²) in [6, 6.07) is 1.55. The van der Waals surface area contributed by atoms with Crippen LogP contribution in [-0.2, 0) is 0 Å². The lowest BCUT2D eigenvalue weighted by atomic mass is 10.0. The van der Waals surface area contributed by atoms with Gasteiger partial charge >= 0.3 is 0 Å². The summed E-state index contributed by atoms with van der Waals surface area (Å²) in [4.78, 5) is 2.65. The molecule has 1 aliphatic carbocycles. The Morgan fingerprint density at radius 1 is 1.24 bits per heavy atom. The van der Waals surface area contributed by atoms with Crippen LogP contribution in [0.4, 0.5) is 0 Å². The van der Waals surface area contributed by atoms with E-state index in [0.29, 0.717) is 6.04 Å². The van der Waals surface area contributed by atoms with E-state index in [1.54, 1.807) is 0 Å². The summed E-state index contributed by atoms with van der Waals surface area (Å²) in [6.07, 6.45) is 8.28. The van der Waals surface area contributed by atoms with Gasteiger partial charge in [-0.25, -0.2) is 0 Å². The summed E-state index contributed by atoms with van der Waals surface area (Å²) >= 11 is 0. The molecule has 2 nitrogen and oxygen atoms in total. The highest BCUT2D eigenvalue weighted by atomic mass is 15.2. The lowest BCUT2D eigenvalue weighted by Gasteiger charge is -2.35. The quantitative estimate of drug-likeness (QED) is 0.765. The van der Waals surface area contributed by atoms with E-state index < -0.39 is 0 Å². The number of hydrogen-bond acceptors (Lipinski definition) is 2. The molecule has 0 spiro atoms. The van der Waals surface area contributed by atoms with Crippen LogP contribution in [-0.4, -0.2) is 36.1 Å². The van der Waals surface area contributed by atoms with E-state index in [2.05, 4.69) is 45.0 Å². The predicted octanol–water partition coefficient (Wildman–Crippen LogP) is 3.42. The molecule has 0 amide bonds. The zero-order chi connectivity index (χ0) is 12.9. The van der Waals surface area contributed by atoms with Gasteiger partial charge in [-0.15, -0.1) is 0 Å². The third kappa shape index (κ3) is 5.39. The van der Waals surface area contributed by atoms with Crippen LogP contribution in [0.3, 0.4) is 0 Å². The van der Waals surface area contributed by atoms with Crippen LogP contribution in [0.15, 0.2) is 0 Å². The van der Waals surface area contributed by atoms with Crippen molar-refractivity contribution in [2.24, 2.45) is 0 Å². The zero-order valence-electron chi connectivity index (χ0n) is 12.6. The Morgan fingerprint density at radius 2 is 1.82 bits per heavy atom. The standard InChI is InChI=1S/C15H32N2/c1-6-9-14(12-16-15(2,3)4)17(5)13-10-7-8-11-13/h13-14,16H,6-12H2,1-5H3. The van der Waals surface area contributed by atoms with Crippen molar-refractivity contribution in [3.05, 3.63) is 0 Å². The van der Waals surface area contributed by atoms with Crippen molar-refractivity contribution in [3.8, 4) is 0 Å². The molecule has 17 heavy (non-hydrogen) atoms. The molecular formula is C15H32N2. The Kier molecular flexibility index (Phi) is 5.94. The molecule has 0 heterocycles. The third-order valence-corrected chi connectivity index (χ3v) is 3.97. The maximum atomic E-state index is 3.67. The van der Waals surface area contributed by atoms with E-state index >= 15 is 0 Å². The smallest absolute Gasteiger partial charge is 0.0220 e. The summed E-state index contributed by atoms with van der Waals surface area (Å²) < 4.78 is 0. The summed E-state index contributed by atoms with van der Waals surface area (Å²) in [5.74, 6) is 0. The third-order valence-electron chi connectivity index (χ3n) is 3.97. The highest BCUT2D eigenvalue weighted by Gasteiger charge is 2.25. The lowest BCUT2D eigenvalue weighted by molar-refractivity contribution is 0.154. The van der Waals surface area contributed by atoms with E-state index in [9.17, 15) is 0 Å². The van der Waals surface area contributed by atoms with Crippen molar-refractivity contribution in [2.45, 2.75) is 83.8 Å². The number of nitrogens with zero attached hydrogens (tertiary/aromatic N) is 1. The van der Waals surface area contributed by atoms with Crippen LogP contribution < -0.4 is 5.32 Å². The first kappa shape index (κ1) is 15.0. The van der Waals surface area contributed by atoms with Gasteiger partial charge in [0.1, 0.15) is 0 Å². The molecular weight excluding hydrogens is 208 g/mol. The molecule has 0 aromatic carbocycles. The van der Waals surface area contributed by atoms with Crippen LogP contribution in [0.25, 0.3) is 0 Å². The summed E-state index contributed by atoms with van der Waals surface area (Å²) in [7, 11) is 2.33. The molecule has 1 unspecified atom stereocenters. The summed E-state index contributed by atoms with van der Waals surface area (Å²) in [5, 5.41) is 3.67. The topological polar surface area (TPSA) is 15.3 Å². The second-order valence-electron chi connectivity index (χ2n) is 6.68. The van der Waals surface area contributed by atoms with E-state index in [1.807, 2.05) is 0 Å². The second kappa shape index (κ2) is 6.75. The van der Waals surface area contributed by atoms with Crippen LogP contribution >= 0.6 is 0 Å². The molecule has 1 aliphatic rings. The molecule has 0 saturated heterocycles. The maximum Gasteiger partial charge on any atom is 0.0220 e. The monoisotopic (exact) mass is 240 g/mol.